The summed E-state index contributed by atoms with van der Waals surface area (Å²) < 4.78 is 4.99. The average molecular weight is 344 g/mol. The lowest BCUT2D eigenvalue weighted by atomic mass is 10.1. The summed E-state index contributed by atoms with van der Waals surface area (Å²) in [6, 6.07) is 8.77. The van der Waals surface area contributed by atoms with Gasteiger partial charge in [-0.15, -0.1) is 0 Å². The normalized spacial score (nSPS) is 16.6. The molecule has 2 N–H and O–H groups in total. The number of aryl methyl sites for hydroxylation is 1. The molecule has 1 unspecified atom stereocenters. The first-order valence-electron chi connectivity index (χ1n) is 8.59. The number of anilines is 2. The highest BCUT2D eigenvalue weighted by Gasteiger charge is 2.28. The van der Waals surface area contributed by atoms with Gasteiger partial charge in [0, 0.05) is 37.9 Å². The minimum Gasteiger partial charge on any atom is -0.508 e. The Morgan fingerprint density at radius 2 is 1.96 bits per heavy atom. The van der Waals surface area contributed by atoms with Gasteiger partial charge in [0.05, 0.1) is 6.04 Å². The number of rotatable bonds is 5. The van der Waals surface area contributed by atoms with Gasteiger partial charge < -0.3 is 19.8 Å². The molecule has 25 heavy (non-hydrogen) atoms. The van der Waals surface area contributed by atoms with Crippen molar-refractivity contribution in [3.63, 3.8) is 0 Å². The summed E-state index contributed by atoms with van der Waals surface area (Å²) in [6.45, 7) is 7.12. The lowest BCUT2D eigenvalue weighted by molar-refractivity contribution is -0.121. The molecule has 0 saturated carbocycles. The van der Waals surface area contributed by atoms with Crippen LogP contribution in [0.15, 0.2) is 34.9 Å². The second-order valence-electron chi connectivity index (χ2n) is 6.28. The summed E-state index contributed by atoms with van der Waals surface area (Å²) in [4.78, 5) is 17.0. The molecule has 2 heterocycles. The van der Waals surface area contributed by atoms with Crippen LogP contribution in [0.5, 0.6) is 5.75 Å². The van der Waals surface area contributed by atoms with E-state index < -0.39 is 0 Å². The molecule has 0 aliphatic carbocycles. The summed E-state index contributed by atoms with van der Waals surface area (Å²) in [5, 5.41) is 16.1. The van der Waals surface area contributed by atoms with E-state index in [1.165, 1.54) is 0 Å². The Morgan fingerprint density at radius 1 is 1.28 bits per heavy atom. The van der Waals surface area contributed by atoms with E-state index >= 15 is 0 Å². The number of benzene rings is 1. The number of carbonyl (C=O) groups is 1. The van der Waals surface area contributed by atoms with Crippen molar-refractivity contribution in [2.24, 2.45) is 0 Å². The molecule has 2 aromatic rings. The van der Waals surface area contributed by atoms with Crippen molar-refractivity contribution in [2.75, 3.05) is 36.4 Å². The second-order valence-corrected chi connectivity index (χ2v) is 6.28. The molecule has 0 radical (unpaired) electrons. The SMILES string of the molecule is CCC(C(=O)Nc1cc(C)on1)N1CCN(c2ccc(O)cc2)CC1. The number of phenols is 1. The first kappa shape index (κ1) is 17.3. The van der Waals surface area contributed by atoms with Crippen LogP contribution in [0.2, 0.25) is 0 Å². The van der Waals surface area contributed by atoms with Crippen molar-refractivity contribution in [1.82, 2.24) is 10.1 Å². The number of hydrogen-bond donors (Lipinski definition) is 2. The molecular weight excluding hydrogens is 320 g/mol. The highest BCUT2D eigenvalue weighted by Crippen LogP contribution is 2.21. The molecule has 7 heteroatoms. The molecule has 134 valence electrons. The highest BCUT2D eigenvalue weighted by atomic mass is 16.5. The lowest BCUT2D eigenvalue weighted by Crippen LogP contribution is -2.53. The predicted molar refractivity (Wildman–Crippen MR) is 95.8 cm³/mol. The summed E-state index contributed by atoms with van der Waals surface area (Å²) in [5.41, 5.74) is 1.09. The highest BCUT2D eigenvalue weighted by molar-refractivity contribution is 5.94. The van der Waals surface area contributed by atoms with Gasteiger partial charge in [-0.05, 0) is 37.6 Å². The molecule has 0 spiro atoms. The van der Waals surface area contributed by atoms with E-state index in [4.69, 9.17) is 4.52 Å². The number of carbonyl (C=O) groups excluding carboxylic acids is 1. The van der Waals surface area contributed by atoms with Gasteiger partial charge in [0.2, 0.25) is 5.91 Å². The average Bonchev–Trinajstić information content (AvgIpc) is 3.02. The Labute approximate surface area is 147 Å². The number of phenolic OH excluding ortho intramolecular Hbond substituents is 1. The monoisotopic (exact) mass is 344 g/mol. The number of nitrogens with one attached hydrogen (secondary N) is 1. The van der Waals surface area contributed by atoms with E-state index in [1.807, 2.05) is 19.1 Å². The number of aromatic nitrogens is 1. The molecule has 1 aromatic heterocycles. The van der Waals surface area contributed by atoms with E-state index in [0.717, 1.165) is 38.3 Å². The molecule has 0 bridgehead atoms. The van der Waals surface area contributed by atoms with E-state index in [2.05, 4.69) is 20.3 Å². The molecule has 1 atom stereocenters. The molecular formula is C18H24N4O3. The maximum atomic E-state index is 12.6. The second kappa shape index (κ2) is 7.57. The maximum Gasteiger partial charge on any atom is 0.242 e. The maximum absolute atomic E-state index is 12.6. The number of aromatic hydroxyl groups is 1. The fourth-order valence-corrected chi connectivity index (χ4v) is 3.20. The minimum absolute atomic E-state index is 0.0473. The summed E-state index contributed by atoms with van der Waals surface area (Å²) in [6.07, 6.45) is 0.738. The molecule has 1 saturated heterocycles. The Bertz CT molecular complexity index is 705. The standard InChI is InChI=1S/C18H24N4O3/c1-3-16(18(24)19-17-12-13(2)25-20-17)22-10-8-21(9-11-22)14-4-6-15(23)7-5-14/h4-7,12,16,23H,3,8-11H2,1-2H3,(H,19,20,24). The number of piperazine rings is 1. The number of hydrogen-bond acceptors (Lipinski definition) is 6. The van der Waals surface area contributed by atoms with Crippen LogP contribution in [-0.4, -0.2) is 53.3 Å². The Morgan fingerprint density at radius 3 is 2.52 bits per heavy atom. The third kappa shape index (κ3) is 4.11. The first-order chi connectivity index (χ1) is 12.1. The Kier molecular flexibility index (Phi) is 5.23. The molecule has 1 aromatic carbocycles. The van der Waals surface area contributed by atoms with Crippen molar-refractivity contribution >= 4 is 17.4 Å². The van der Waals surface area contributed by atoms with E-state index in [9.17, 15) is 9.90 Å². The Balaban J connectivity index is 1.58. The van der Waals surface area contributed by atoms with Crippen molar-refractivity contribution < 1.29 is 14.4 Å². The zero-order valence-corrected chi connectivity index (χ0v) is 14.6. The van der Waals surface area contributed by atoms with Crippen LogP contribution in [0.3, 0.4) is 0 Å². The molecule has 1 amide bonds. The van der Waals surface area contributed by atoms with Gasteiger partial charge >= 0.3 is 0 Å². The summed E-state index contributed by atoms with van der Waals surface area (Å²) in [7, 11) is 0. The molecule has 1 aliphatic heterocycles. The molecule has 1 aliphatic rings. The fourth-order valence-electron chi connectivity index (χ4n) is 3.20. The summed E-state index contributed by atoms with van der Waals surface area (Å²) >= 11 is 0. The predicted octanol–water partition coefficient (Wildman–Crippen LogP) is 2.23. The lowest BCUT2D eigenvalue weighted by Gasteiger charge is -2.39. The van der Waals surface area contributed by atoms with Crippen LogP contribution in [0.1, 0.15) is 19.1 Å². The van der Waals surface area contributed by atoms with Crippen LogP contribution in [0.25, 0.3) is 0 Å². The fraction of sp³-hybridized carbons (Fsp3) is 0.444. The van der Waals surface area contributed by atoms with Gasteiger partial charge in [0.1, 0.15) is 11.5 Å². The van der Waals surface area contributed by atoms with Gasteiger partial charge in [-0.1, -0.05) is 12.1 Å². The minimum atomic E-state index is -0.182. The van der Waals surface area contributed by atoms with Crippen molar-refractivity contribution in [3.05, 3.63) is 36.1 Å². The van der Waals surface area contributed by atoms with Crippen molar-refractivity contribution in [1.29, 1.82) is 0 Å². The van der Waals surface area contributed by atoms with E-state index in [-0.39, 0.29) is 17.7 Å². The number of nitrogens with zero attached hydrogens (tertiary/aromatic N) is 3. The number of amides is 1. The van der Waals surface area contributed by atoms with Gasteiger partial charge in [0.15, 0.2) is 5.82 Å². The third-order valence-electron chi connectivity index (χ3n) is 4.54. The first-order valence-corrected chi connectivity index (χ1v) is 8.59. The van der Waals surface area contributed by atoms with Gasteiger partial charge in [-0.2, -0.15) is 0 Å². The van der Waals surface area contributed by atoms with Crippen molar-refractivity contribution in [2.45, 2.75) is 26.3 Å². The largest absolute Gasteiger partial charge is 0.508 e. The van der Waals surface area contributed by atoms with Gasteiger partial charge in [0.25, 0.3) is 0 Å². The summed E-state index contributed by atoms with van der Waals surface area (Å²) in [5.74, 6) is 1.36. The van der Waals surface area contributed by atoms with E-state index in [0.29, 0.717) is 11.6 Å². The quantitative estimate of drug-likeness (QED) is 0.866. The zero-order valence-electron chi connectivity index (χ0n) is 14.6. The molecule has 7 nitrogen and oxygen atoms in total. The zero-order chi connectivity index (χ0) is 17.8. The van der Waals surface area contributed by atoms with Crippen LogP contribution >= 0.6 is 0 Å². The van der Waals surface area contributed by atoms with Crippen molar-refractivity contribution in [3.8, 4) is 5.75 Å². The van der Waals surface area contributed by atoms with Crippen LogP contribution in [0, 0.1) is 6.92 Å². The topological polar surface area (TPSA) is 81.8 Å². The third-order valence-corrected chi connectivity index (χ3v) is 4.54. The Hall–Kier alpha value is -2.54. The van der Waals surface area contributed by atoms with Crippen LogP contribution < -0.4 is 10.2 Å². The molecule has 1 fully saturated rings. The van der Waals surface area contributed by atoms with E-state index in [1.54, 1.807) is 25.1 Å². The van der Waals surface area contributed by atoms with Gasteiger partial charge in [-0.3, -0.25) is 9.69 Å². The van der Waals surface area contributed by atoms with Crippen LogP contribution in [0.4, 0.5) is 11.5 Å². The van der Waals surface area contributed by atoms with Gasteiger partial charge in [-0.25, -0.2) is 0 Å². The smallest absolute Gasteiger partial charge is 0.242 e. The van der Waals surface area contributed by atoms with Crippen LogP contribution in [-0.2, 0) is 4.79 Å². The molecule has 3 rings (SSSR count).